The summed E-state index contributed by atoms with van der Waals surface area (Å²) in [6.07, 6.45) is -5.61. The Balaban J connectivity index is 3.36. The summed E-state index contributed by atoms with van der Waals surface area (Å²) >= 11 is 0. The molecule has 84 valence electrons. The molecule has 0 saturated carbocycles. The number of rotatable bonds is 0. The molecule has 1 aliphatic rings. The van der Waals surface area contributed by atoms with Gasteiger partial charge in [-0.15, -0.1) is 0 Å². The first-order valence-corrected chi connectivity index (χ1v) is 4.92. The maximum Gasteiger partial charge on any atom is 0.162 e. The molecule has 2 atom stereocenters. The zero-order valence-corrected chi connectivity index (χ0v) is 9.89. The summed E-state index contributed by atoms with van der Waals surface area (Å²) in [6.45, 7) is 7.82. The third kappa shape index (κ3) is 2.96. The Morgan fingerprint density at radius 1 is 1.36 bits per heavy atom. The van der Waals surface area contributed by atoms with Crippen molar-refractivity contribution < 1.29 is 16.3 Å². The van der Waals surface area contributed by atoms with E-state index in [9.17, 15) is 0 Å². The highest BCUT2D eigenvalue weighted by atomic mass is 16.7. The van der Waals surface area contributed by atoms with Crippen molar-refractivity contribution >= 4 is 0 Å². The SMILES string of the molecule is [1H]C1(C(C)(C)C)OC(C(C)(C)C)OC([3H])([3H])C1([2H])[2H]. The summed E-state index contributed by atoms with van der Waals surface area (Å²) in [5, 5.41) is 0. The van der Waals surface area contributed by atoms with E-state index in [0.717, 1.165) is 0 Å². The lowest BCUT2D eigenvalue weighted by molar-refractivity contribution is -0.270. The Morgan fingerprint density at radius 2 is 1.93 bits per heavy atom. The van der Waals surface area contributed by atoms with E-state index in [1.807, 2.05) is 0 Å². The lowest BCUT2D eigenvalue weighted by Crippen LogP contribution is -2.45. The third-order valence-electron chi connectivity index (χ3n) is 1.94. The maximum absolute atomic E-state index is 8.42. The van der Waals surface area contributed by atoms with Crippen LogP contribution in [0.5, 0.6) is 0 Å². The van der Waals surface area contributed by atoms with Gasteiger partial charge in [-0.1, -0.05) is 41.5 Å². The predicted molar refractivity (Wildman–Crippen MR) is 58.1 cm³/mol. The van der Waals surface area contributed by atoms with Gasteiger partial charge in [0.1, 0.15) is 0 Å². The molecular weight excluding hydrogens is 176 g/mol. The second kappa shape index (κ2) is 3.82. The summed E-state index contributed by atoms with van der Waals surface area (Å²) in [5.41, 5.74) is -1.46. The van der Waals surface area contributed by atoms with Gasteiger partial charge in [0, 0.05) is 8.16 Å². The standard InChI is InChI=1S/C12H24O2/c1-11(2,3)9-7-8-13-10(14-9)12(4,5)6/h9-10H,7-8H2,1-6H3/i7D2,8T2,9H. The summed E-state index contributed by atoms with van der Waals surface area (Å²) in [7, 11) is 0. The van der Waals surface area contributed by atoms with Gasteiger partial charge >= 0.3 is 0 Å². The van der Waals surface area contributed by atoms with Crippen LogP contribution in [0.15, 0.2) is 0 Å². The lowest BCUT2D eigenvalue weighted by atomic mass is 9.86. The van der Waals surface area contributed by atoms with E-state index in [-0.39, 0.29) is 0 Å². The van der Waals surface area contributed by atoms with Gasteiger partial charge in [-0.2, -0.15) is 0 Å². The van der Waals surface area contributed by atoms with Crippen LogP contribution >= 0.6 is 0 Å². The quantitative estimate of drug-likeness (QED) is 0.606. The Morgan fingerprint density at radius 3 is 2.36 bits per heavy atom. The molecule has 0 radical (unpaired) electrons. The van der Waals surface area contributed by atoms with Gasteiger partial charge in [-0.25, -0.2) is 0 Å². The normalized spacial score (nSPS) is 48.1. The highest BCUT2D eigenvalue weighted by molar-refractivity contribution is 4.80. The molecule has 0 bridgehead atoms. The van der Waals surface area contributed by atoms with E-state index < -0.39 is 36.1 Å². The zero-order chi connectivity index (χ0) is 15.5. The van der Waals surface area contributed by atoms with Crippen molar-refractivity contribution in [1.29, 1.82) is 0 Å². The van der Waals surface area contributed by atoms with Gasteiger partial charge in [-0.05, 0) is 11.8 Å². The summed E-state index contributed by atoms with van der Waals surface area (Å²) in [4.78, 5) is 0. The monoisotopic (exact) mass is 206 g/mol. The minimum atomic E-state index is -2.59. The van der Waals surface area contributed by atoms with Crippen LogP contribution in [0.4, 0.5) is 0 Å². The van der Waals surface area contributed by atoms with Gasteiger partial charge < -0.3 is 9.47 Å². The van der Waals surface area contributed by atoms with Crippen LogP contribution in [-0.4, -0.2) is 18.9 Å². The van der Waals surface area contributed by atoms with Crippen molar-refractivity contribution in [2.24, 2.45) is 10.8 Å². The molecular formula is C12H24O2. The molecule has 0 spiro atoms. The average molecular weight is 206 g/mol. The summed E-state index contributed by atoms with van der Waals surface area (Å²) in [5.74, 6) is 0. The van der Waals surface area contributed by atoms with Crippen molar-refractivity contribution in [2.45, 2.75) is 60.3 Å². The predicted octanol–water partition coefficient (Wildman–Crippen LogP) is 3.21. The fourth-order valence-electron chi connectivity index (χ4n) is 1.01. The van der Waals surface area contributed by atoms with Gasteiger partial charge in [0.05, 0.1) is 16.8 Å². The third-order valence-corrected chi connectivity index (χ3v) is 1.94. The van der Waals surface area contributed by atoms with Crippen LogP contribution in [0.3, 0.4) is 0 Å². The molecule has 0 amide bonds. The number of hydrogen-bond donors (Lipinski definition) is 0. The van der Waals surface area contributed by atoms with Crippen LogP contribution in [0.1, 0.15) is 54.8 Å². The Bertz CT molecular complexity index is 356. The van der Waals surface area contributed by atoms with E-state index in [4.69, 9.17) is 16.3 Å². The van der Waals surface area contributed by atoms with Crippen LogP contribution in [-0.2, 0) is 9.47 Å². The molecule has 2 unspecified atom stereocenters. The Kier molecular flexibility index (Phi) is 1.77. The first kappa shape index (κ1) is 6.49. The van der Waals surface area contributed by atoms with Crippen molar-refractivity contribution in [2.75, 3.05) is 6.56 Å². The zero-order valence-electron chi connectivity index (χ0n) is 14.9. The van der Waals surface area contributed by atoms with Gasteiger partial charge in [-0.3, -0.25) is 0 Å². The van der Waals surface area contributed by atoms with Crippen LogP contribution in [0, 0.1) is 10.8 Å². The molecule has 0 aliphatic carbocycles. The minimum absolute atomic E-state index is 0.554. The lowest BCUT2D eigenvalue weighted by Gasteiger charge is -2.42. The molecule has 1 fully saturated rings. The van der Waals surface area contributed by atoms with E-state index in [1.54, 1.807) is 41.5 Å². The molecule has 0 aromatic rings. The molecule has 1 aliphatic heterocycles. The average Bonchev–Trinajstić information content (AvgIpc) is 2.10. The molecule has 14 heavy (non-hydrogen) atoms. The molecule has 0 N–H and O–H groups in total. The van der Waals surface area contributed by atoms with Crippen molar-refractivity contribution in [3.63, 3.8) is 0 Å². The van der Waals surface area contributed by atoms with Crippen molar-refractivity contribution in [3.8, 4) is 0 Å². The van der Waals surface area contributed by atoms with Crippen LogP contribution < -0.4 is 0 Å². The second-order valence-electron chi connectivity index (χ2n) is 5.74. The van der Waals surface area contributed by atoms with E-state index in [2.05, 4.69) is 0 Å². The van der Waals surface area contributed by atoms with E-state index >= 15 is 0 Å². The molecule has 1 rings (SSSR count). The van der Waals surface area contributed by atoms with Gasteiger partial charge in [0.25, 0.3) is 0 Å². The molecule has 1 saturated heterocycles. The highest BCUT2D eigenvalue weighted by Gasteiger charge is 2.37. The Labute approximate surface area is 95.0 Å². The fourth-order valence-corrected chi connectivity index (χ4v) is 1.01. The molecule has 2 heteroatoms. The molecule has 0 aromatic heterocycles. The van der Waals surface area contributed by atoms with Gasteiger partial charge in [0.2, 0.25) is 0 Å². The van der Waals surface area contributed by atoms with E-state index in [0.29, 0.717) is 0 Å². The van der Waals surface area contributed by atoms with E-state index in [1.165, 1.54) is 0 Å². The topological polar surface area (TPSA) is 18.5 Å². The molecule has 2 nitrogen and oxygen atoms in total. The fraction of sp³-hybridized carbons (Fsp3) is 1.00. The van der Waals surface area contributed by atoms with Crippen molar-refractivity contribution in [3.05, 3.63) is 0 Å². The minimum Gasteiger partial charge on any atom is -0.352 e. The summed E-state index contributed by atoms with van der Waals surface area (Å²) in [6, 6.07) is 0. The summed E-state index contributed by atoms with van der Waals surface area (Å²) < 4.78 is 50.8. The Hall–Kier alpha value is -0.0800. The number of ether oxygens (including phenoxy) is 2. The highest BCUT2D eigenvalue weighted by Crippen LogP contribution is 2.34. The second-order valence-corrected chi connectivity index (χ2v) is 5.74. The largest absolute Gasteiger partial charge is 0.352 e. The molecule has 1 heterocycles. The van der Waals surface area contributed by atoms with Crippen LogP contribution in [0.2, 0.25) is 0 Å². The first-order chi connectivity index (χ1) is 8.06. The first-order valence-electron chi connectivity index (χ1n) is 7.42. The molecule has 0 aromatic carbocycles. The van der Waals surface area contributed by atoms with Gasteiger partial charge in [0.15, 0.2) is 6.29 Å². The smallest absolute Gasteiger partial charge is 0.162 e. The van der Waals surface area contributed by atoms with Crippen molar-refractivity contribution in [1.82, 2.24) is 0 Å². The number of hydrogen-bond acceptors (Lipinski definition) is 2. The van der Waals surface area contributed by atoms with Crippen LogP contribution in [0.25, 0.3) is 0 Å². The maximum atomic E-state index is 8.42.